The summed E-state index contributed by atoms with van der Waals surface area (Å²) in [5, 5.41) is 5.64. The molecule has 12 heteroatoms. The number of nitrogens with zero attached hydrogens (tertiary/aromatic N) is 3. The summed E-state index contributed by atoms with van der Waals surface area (Å²) in [5.41, 5.74) is 7.60. The third kappa shape index (κ3) is 4.39. The number of benzene rings is 2. The number of sulfone groups is 1. The van der Waals surface area contributed by atoms with Gasteiger partial charge in [0.1, 0.15) is 16.9 Å². The van der Waals surface area contributed by atoms with E-state index in [0.29, 0.717) is 33.8 Å². The lowest BCUT2D eigenvalue weighted by Gasteiger charge is -2.13. The number of rotatable bonds is 5. The molecule has 0 aliphatic rings. The summed E-state index contributed by atoms with van der Waals surface area (Å²) < 4.78 is 24.9. The van der Waals surface area contributed by atoms with Crippen LogP contribution in [0.4, 0.5) is 0 Å². The van der Waals surface area contributed by atoms with E-state index in [2.05, 4.69) is 15.1 Å². The average molecular weight is 527 g/mol. The first-order valence-corrected chi connectivity index (χ1v) is 12.8. The smallest absolute Gasteiger partial charge is 0.262 e. The van der Waals surface area contributed by atoms with Crippen LogP contribution in [0.1, 0.15) is 30.0 Å². The van der Waals surface area contributed by atoms with Gasteiger partial charge in [-0.2, -0.15) is 5.10 Å². The fraction of sp³-hybridized carbons (Fsp3) is 0.190. The Hall–Kier alpha value is -2.43. The fourth-order valence-corrected chi connectivity index (χ4v) is 5.09. The maximum absolute atomic E-state index is 13.0. The molecule has 1 unspecified atom stereocenters. The Bertz CT molecular complexity index is 1520. The molecule has 0 radical (unpaired) electrons. The van der Waals surface area contributed by atoms with Crippen LogP contribution in [0.25, 0.3) is 16.7 Å². The minimum atomic E-state index is -3.35. The Morgan fingerprint density at radius 3 is 2.27 bits per heavy atom. The zero-order chi connectivity index (χ0) is 24.1. The summed E-state index contributed by atoms with van der Waals surface area (Å²) in [7, 11) is -3.35. The first-order valence-electron chi connectivity index (χ1n) is 9.73. The lowest BCUT2D eigenvalue weighted by molar-refractivity contribution is 0.602. The largest absolute Gasteiger partial charge is 0.318 e. The Kier molecular flexibility index (Phi) is 6.28. The van der Waals surface area contributed by atoms with Crippen LogP contribution in [0.5, 0.6) is 0 Å². The molecule has 33 heavy (non-hydrogen) atoms. The Morgan fingerprint density at radius 2 is 1.73 bits per heavy atom. The number of aryl methyl sites for hydroxylation is 1. The molecular weight excluding hydrogens is 509 g/mol. The van der Waals surface area contributed by atoms with Crippen molar-refractivity contribution < 1.29 is 8.42 Å². The molecule has 0 bridgehead atoms. The summed E-state index contributed by atoms with van der Waals surface area (Å²) in [5.74, 6) is 0.171. The number of aromatic amines is 1. The number of fused-ring (bicyclic) bond motifs is 1. The van der Waals surface area contributed by atoms with Gasteiger partial charge in [-0.25, -0.2) is 18.1 Å². The molecule has 0 saturated heterocycles. The molecule has 0 fully saturated rings. The normalized spacial score (nSPS) is 12.9. The second-order valence-corrected chi connectivity index (χ2v) is 10.7. The zero-order valence-electron chi connectivity index (χ0n) is 17.4. The lowest BCUT2D eigenvalue weighted by Crippen LogP contribution is -2.21. The van der Waals surface area contributed by atoms with E-state index in [-0.39, 0.29) is 26.4 Å². The number of aromatic nitrogens is 4. The molecule has 1 atom stereocenters. The van der Waals surface area contributed by atoms with Crippen molar-refractivity contribution in [3.63, 3.8) is 0 Å². The molecule has 0 saturated carbocycles. The van der Waals surface area contributed by atoms with Gasteiger partial charge in [0.25, 0.3) is 5.56 Å². The first-order chi connectivity index (χ1) is 15.5. The van der Waals surface area contributed by atoms with Crippen molar-refractivity contribution >= 4 is 55.7 Å². The van der Waals surface area contributed by atoms with Crippen LogP contribution in [0.15, 0.2) is 46.1 Å². The van der Waals surface area contributed by atoms with Crippen LogP contribution in [-0.4, -0.2) is 34.4 Å². The first kappa shape index (κ1) is 23.7. The molecule has 3 N–H and O–H groups in total. The Morgan fingerprint density at radius 1 is 1.12 bits per heavy atom. The molecule has 0 amide bonds. The average Bonchev–Trinajstić information content (AvgIpc) is 3.11. The maximum Gasteiger partial charge on any atom is 0.262 e. The minimum absolute atomic E-state index is 0.160. The number of halogens is 3. The molecule has 2 aromatic heterocycles. The third-order valence-electron chi connectivity index (χ3n) is 5.12. The molecule has 8 nitrogen and oxygen atoms in total. The molecule has 4 aromatic rings. The summed E-state index contributed by atoms with van der Waals surface area (Å²) in [6, 6.07) is 8.26. The SMILES string of the molecule is CCc1nn(-c2c(Cl)cc(Cl)cc2Cl)c2nc(C(N)c3ccc(S(C)(=O)=O)cc3)[nH]c(=O)c12. The Balaban J connectivity index is 1.91. The van der Waals surface area contributed by atoms with Gasteiger partial charge in [-0.1, -0.05) is 53.9 Å². The summed E-state index contributed by atoms with van der Waals surface area (Å²) in [6.45, 7) is 1.86. The highest BCUT2D eigenvalue weighted by Crippen LogP contribution is 2.34. The molecule has 0 aliphatic heterocycles. The van der Waals surface area contributed by atoms with Crippen molar-refractivity contribution in [1.29, 1.82) is 0 Å². The summed E-state index contributed by atoms with van der Waals surface area (Å²) in [4.78, 5) is 20.5. The standard InChI is InChI=1S/C21H18Cl3N5O3S/c1-3-15-16-20(29(28-15)18-13(23)8-11(22)9-14(18)24)26-19(27-21(16)30)17(25)10-4-6-12(7-5-10)33(2,31)32/h4-9,17H,3,25H2,1-2H3,(H,26,27,30). The highest BCUT2D eigenvalue weighted by molar-refractivity contribution is 7.90. The van der Waals surface area contributed by atoms with Crippen LogP contribution in [0.2, 0.25) is 15.1 Å². The van der Waals surface area contributed by atoms with E-state index in [1.54, 1.807) is 12.1 Å². The monoisotopic (exact) mass is 525 g/mol. The van der Waals surface area contributed by atoms with E-state index in [1.165, 1.54) is 28.9 Å². The van der Waals surface area contributed by atoms with E-state index in [0.717, 1.165) is 6.26 Å². The highest BCUT2D eigenvalue weighted by Gasteiger charge is 2.23. The topological polar surface area (TPSA) is 124 Å². The van der Waals surface area contributed by atoms with Crippen LogP contribution >= 0.6 is 34.8 Å². The predicted molar refractivity (Wildman–Crippen MR) is 129 cm³/mol. The Labute approximate surface area is 204 Å². The lowest BCUT2D eigenvalue weighted by atomic mass is 10.1. The van der Waals surface area contributed by atoms with Crippen LogP contribution in [0, 0.1) is 0 Å². The van der Waals surface area contributed by atoms with Gasteiger partial charge in [0.05, 0.1) is 26.7 Å². The van der Waals surface area contributed by atoms with E-state index in [9.17, 15) is 13.2 Å². The van der Waals surface area contributed by atoms with Crippen LogP contribution in [0.3, 0.4) is 0 Å². The molecule has 2 aromatic carbocycles. The van der Waals surface area contributed by atoms with E-state index >= 15 is 0 Å². The second-order valence-electron chi connectivity index (χ2n) is 7.40. The van der Waals surface area contributed by atoms with Gasteiger partial charge in [-0.3, -0.25) is 4.79 Å². The van der Waals surface area contributed by atoms with Crippen LogP contribution in [-0.2, 0) is 16.3 Å². The highest BCUT2D eigenvalue weighted by atomic mass is 35.5. The van der Waals surface area contributed by atoms with Crippen molar-refractivity contribution in [2.24, 2.45) is 5.73 Å². The van der Waals surface area contributed by atoms with E-state index in [4.69, 9.17) is 40.5 Å². The minimum Gasteiger partial charge on any atom is -0.318 e. The summed E-state index contributed by atoms with van der Waals surface area (Å²) >= 11 is 18.8. The van der Waals surface area contributed by atoms with Gasteiger partial charge in [0, 0.05) is 11.3 Å². The molecule has 172 valence electrons. The number of H-pyrrole nitrogens is 1. The van der Waals surface area contributed by atoms with Crippen molar-refractivity contribution in [3.05, 3.63) is 78.9 Å². The predicted octanol–water partition coefficient (Wildman–Crippen LogP) is 4.08. The van der Waals surface area contributed by atoms with Gasteiger partial charge >= 0.3 is 0 Å². The van der Waals surface area contributed by atoms with Gasteiger partial charge in [-0.05, 0) is 36.2 Å². The number of nitrogens with one attached hydrogen (secondary N) is 1. The summed E-state index contributed by atoms with van der Waals surface area (Å²) in [6.07, 6.45) is 1.59. The van der Waals surface area contributed by atoms with Crippen molar-refractivity contribution in [3.8, 4) is 5.69 Å². The molecule has 4 rings (SSSR count). The third-order valence-corrected chi connectivity index (χ3v) is 7.04. The van der Waals surface area contributed by atoms with Gasteiger partial charge in [0.2, 0.25) is 0 Å². The van der Waals surface area contributed by atoms with Crippen molar-refractivity contribution in [2.75, 3.05) is 6.26 Å². The quantitative estimate of drug-likeness (QED) is 0.404. The van der Waals surface area contributed by atoms with Gasteiger partial charge in [0.15, 0.2) is 15.5 Å². The zero-order valence-corrected chi connectivity index (χ0v) is 20.5. The van der Waals surface area contributed by atoms with Crippen LogP contribution < -0.4 is 11.3 Å². The van der Waals surface area contributed by atoms with E-state index in [1.807, 2.05) is 6.92 Å². The molecule has 2 heterocycles. The van der Waals surface area contributed by atoms with Gasteiger partial charge < -0.3 is 10.7 Å². The molecule has 0 spiro atoms. The second kappa shape index (κ2) is 8.73. The number of hydrogen-bond donors (Lipinski definition) is 2. The van der Waals surface area contributed by atoms with Gasteiger partial charge in [-0.15, -0.1) is 0 Å². The fourth-order valence-electron chi connectivity index (χ4n) is 3.48. The number of nitrogens with two attached hydrogens (primary N) is 1. The van der Waals surface area contributed by atoms with Crippen molar-refractivity contribution in [1.82, 2.24) is 19.7 Å². The van der Waals surface area contributed by atoms with Crippen molar-refractivity contribution in [2.45, 2.75) is 24.3 Å². The molecular formula is C21H18Cl3N5O3S. The maximum atomic E-state index is 13.0. The molecule has 0 aliphatic carbocycles. The number of hydrogen-bond acceptors (Lipinski definition) is 6. The van der Waals surface area contributed by atoms with E-state index < -0.39 is 21.4 Å².